The fourth-order valence-corrected chi connectivity index (χ4v) is 3.77. The SMILES string of the molecule is CCN(CC)C(=O)c1ccc(CNC(=NC)NCC(C)(C)c2cccs2)cc1. The van der Waals surface area contributed by atoms with Crippen LogP contribution in [0.15, 0.2) is 46.8 Å². The number of benzene rings is 1. The third-order valence-electron chi connectivity index (χ3n) is 4.82. The number of thiophene rings is 1. The van der Waals surface area contributed by atoms with Crippen molar-refractivity contribution in [3.05, 3.63) is 57.8 Å². The monoisotopic (exact) mass is 400 g/mol. The van der Waals surface area contributed by atoms with Gasteiger partial charge in [0.25, 0.3) is 5.91 Å². The number of hydrogen-bond acceptors (Lipinski definition) is 3. The molecule has 0 unspecified atom stereocenters. The molecule has 1 amide bonds. The summed E-state index contributed by atoms with van der Waals surface area (Å²) < 4.78 is 0. The van der Waals surface area contributed by atoms with E-state index in [1.807, 2.05) is 43.0 Å². The zero-order valence-corrected chi connectivity index (χ0v) is 18.4. The minimum absolute atomic E-state index is 0.0399. The van der Waals surface area contributed by atoms with Gasteiger partial charge >= 0.3 is 0 Å². The van der Waals surface area contributed by atoms with Crippen LogP contribution in [0, 0.1) is 0 Å². The molecule has 28 heavy (non-hydrogen) atoms. The lowest BCUT2D eigenvalue weighted by molar-refractivity contribution is 0.0773. The predicted octanol–water partition coefficient (Wildman–Crippen LogP) is 3.87. The molecule has 0 fully saturated rings. The van der Waals surface area contributed by atoms with Crippen molar-refractivity contribution in [2.45, 2.75) is 39.7 Å². The van der Waals surface area contributed by atoms with Crippen molar-refractivity contribution in [1.82, 2.24) is 15.5 Å². The maximum absolute atomic E-state index is 12.4. The summed E-state index contributed by atoms with van der Waals surface area (Å²) in [6.45, 7) is 11.3. The van der Waals surface area contributed by atoms with Gasteiger partial charge in [0.15, 0.2) is 5.96 Å². The van der Waals surface area contributed by atoms with Crippen LogP contribution < -0.4 is 10.6 Å². The fourth-order valence-electron chi connectivity index (χ4n) is 2.92. The Morgan fingerprint density at radius 2 is 1.79 bits per heavy atom. The lowest BCUT2D eigenvalue weighted by Crippen LogP contribution is -2.42. The summed E-state index contributed by atoms with van der Waals surface area (Å²) in [5.41, 5.74) is 1.88. The number of aliphatic imine (C=N–C) groups is 1. The average Bonchev–Trinajstić information content (AvgIpc) is 3.25. The van der Waals surface area contributed by atoms with Crippen molar-refractivity contribution in [2.24, 2.45) is 4.99 Å². The first-order chi connectivity index (χ1) is 13.4. The van der Waals surface area contributed by atoms with Crippen molar-refractivity contribution in [3.63, 3.8) is 0 Å². The molecule has 2 rings (SSSR count). The maximum Gasteiger partial charge on any atom is 0.253 e. The molecule has 2 aromatic rings. The Bertz CT molecular complexity index is 762. The summed E-state index contributed by atoms with van der Waals surface area (Å²) in [5, 5.41) is 8.87. The Morgan fingerprint density at radius 3 is 2.32 bits per heavy atom. The Hall–Kier alpha value is -2.34. The first kappa shape index (κ1) is 22.0. The average molecular weight is 401 g/mol. The summed E-state index contributed by atoms with van der Waals surface area (Å²) in [5.74, 6) is 0.853. The zero-order valence-electron chi connectivity index (χ0n) is 17.6. The van der Waals surface area contributed by atoms with E-state index in [4.69, 9.17) is 0 Å². The Morgan fingerprint density at radius 1 is 1.11 bits per heavy atom. The Balaban J connectivity index is 1.89. The topological polar surface area (TPSA) is 56.7 Å². The third-order valence-corrected chi connectivity index (χ3v) is 6.06. The molecule has 1 aromatic carbocycles. The first-order valence-corrected chi connectivity index (χ1v) is 10.7. The molecule has 0 aliphatic rings. The number of carbonyl (C=O) groups is 1. The smallest absolute Gasteiger partial charge is 0.253 e. The third kappa shape index (κ3) is 5.83. The summed E-state index contributed by atoms with van der Waals surface area (Å²) in [4.78, 5) is 19.9. The van der Waals surface area contributed by atoms with Crippen LogP contribution in [0.25, 0.3) is 0 Å². The number of hydrogen-bond donors (Lipinski definition) is 2. The highest BCUT2D eigenvalue weighted by atomic mass is 32.1. The lowest BCUT2D eigenvalue weighted by Gasteiger charge is -2.25. The van der Waals surface area contributed by atoms with Crippen molar-refractivity contribution in [2.75, 3.05) is 26.7 Å². The molecule has 0 radical (unpaired) electrons. The number of nitrogens with zero attached hydrogens (tertiary/aromatic N) is 2. The van der Waals surface area contributed by atoms with Gasteiger partial charge in [0.05, 0.1) is 0 Å². The largest absolute Gasteiger partial charge is 0.356 e. The highest BCUT2D eigenvalue weighted by Crippen LogP contribution is 2.26. The van der Waals surface area contributed by atoms with Gasteiger partial charge in [-0.2, -0.15) is 0 Å². The Kier molecular flexibility index (Phi) is 8.05. The van der Waals surface area contributed by atoms with Gasteiger partial charge in [-0.25, -0.2) is 0 Å². The molecular formula is C22H32N4OS. The molecule has 152 valence electrons. The second-order valence-corrected chi connectivity index (χ2v) is 8.26. The normalized spacial score (nSPS) is 12.0. The van der Waals surface area contributed by atoms with E-state index in [1.165, 1.54) is 4.88 Å². The van der Waals surface area contributed by atoms with E-state index in [0.717, 1.165) is 36.7 Å². The van der Waals surface area contributed by atoms with Gasteiger partial charge in [-0.3, -0.25) is 9.79 Å². The fraction of sp³-hybridized carbons (Fsp3) is 0.455. The number of carbonyl (C=O) groups excluding carboxylic acids is 1. The van der Waals surface area contributed by atoms with Gasteiger partial charge in [-0.1, -0.05) is 32.0 Å². The quantitative estimate of drug-likeness (QED) is 0.522. The van der Waals surface area contributed by atoms with Crippen LogP contribution >= 0.6 is 11.3 Å². The second kappa shape index (κ2) is 10.3. The van der Waals surface area contributed by atoms with Crippen LogP contribution in [0.1, 0.15) is 48.5 Å². The standard InChI is InChI=1S/C22H32N4OS/c1-6-26(7-2)20(27)18-12-10-17(11-13-18)15-24-21(23-5)25-16-22(3,4)19-9-8-14-28-19/h8-14H,6-7,15-16H2,1-5H3,(H2,23,24,25). The molecule has 0 aliphatic heterocycles. The summed E-state index contributed by atoms with van der Waals surface area (Å²) in [6.07, 6.45) is 0. The van der Waals surface area contributed by atoms with E-state index >= 15 is 0 Å². The number of rotatable bonds is 8. The molecule has 2 N–H and O–H groups in total. The summed E-state index contributed by atoms with van der Waals surface area (Å²) >= 11 is 1.78. The van der Waals surface area contributed by atoms with E-state index in [9.17, 15) is 4.79 Å². The number of amides is 1. The van der Waals surface area contributed by atoms with Crippen LogP contribution in [-0.2, 0) is 12.0 Å². The van der Waals surface area contributed by atoms with Gasteiger partial charge in [0.1, 0.15) is 0 Å². The van der Waals surface area contributed by atoms with Gasteiger partial charge in [0.2, 0.25) is 0 Å². The molecule has 0 spiro atoms. The minimum atomic E-state index is 0.0399. The molecule has 1 heterocycles. The molecular weight excluding hydrogens is 368 g/mol. The van der Waals surface area contributed by atoms with Crippen LogP contribution in [-0.4, -0.2) is 43.4 Å². The van der Waals surface area contributed by atoms with Crippen molar-refractivity contribution in [1.29, 1.82) is 0 Å². The van der Waals surface area contributed by atoms with E-state index in [1.54, 1.807) is 18.4 Å². The molecule has 0 atom stereocenters. The molecule has 0 aliphatic carbocycles. The van der Waals surface area contributed by atoms with E-state index in [2.05, 4.69) is 47.0 Å². The summed E-state index contributed by atoms with van der Waals surface area (Å²) in [6, 6.07) is 12.0. The summed E-state index contributed by atoms with van der Waals surface area (Å²) in [7, 11) is 1.78. The number of guanidine groups is 1. The predicted molar refractivity (Wildman–Crippen MR) is 119 cm³/mol. The Labute approximate surface area is 172 Å². The van der Waals surface area contributed by atoms with Gasteiger partial charge in [-0.05, 0) is 43.0 Å². The van der Waals surface area contributed by atoms with Crippen LogP contribution in [0.5, 0.6) is 0 Å². The lowest BCUT2D eigenvalue weighted by atomic mass is 9.91. The van der Waals surface area contributed by atoms with Crippen molar-refractivity contribution >= 4 is 23.2 Å². The minimum Gasteiger partial charge on any atom is -0.356 e. The van der Waals surface area contributed by atoms with E-state index in [0.29, 0.717) is 6.54 Å². The highest BCUT2D eigenvalue weighted by molar-refractivity contribution is 7.10. The van der Waals surface area contributed by atoms with E-state index < -0.39 is 0 Å². The van der Waals surface area contributed by atoms with Gasteiger partial charge in [-0.15, -0.1) is 11.3 Å². The van der Waals surface area contributed by atoms with Crippen LogP contribution in [0.3, 0.4) is 0 Å². The molecule has 6 heteroatoms. The van der Waals surface area contributed by atoms with Crippen molar-refractivity contribution < 1.29 is 4.79 Å². The first-order valence-electron chi connectivity index (χ1n) is 9.78. The van der Waals surface area contributed by atoms with Crippen LogP contribution in [0.2, 0.25) is 0 Å². The molecule has 0 saturated carbocycles. The zero-order chi connectivity index (χ0) is 20.6. The highest BCUT2D eigenvalue weighted by Gasteiger charge is 2.21. The second-order valence-electron chi connectivity index (χ2n) is 7.31. The van der Waals surface area contributed by atoms with Crippen molar-refractivity contribution in [3.8, 4) is 0 Å². The van der Waals surface area contributed by atoms with Gasteiger partial charge in [0, 0.05) is 49.1 Å². The molecule has 5 nitrogen and oxygen atoms in total. The van der Waals surface area contributed by atoms with Gasteiger partial charge < -0.3 is 15.5 Å². The van der Waals surface area contributed by atoms with Crippen LogP contribution in [0.4, 0.5) is 0 Å². The number of nitrogens with one attached hydrogen (secondary N) is 2. The molecule has 0 saturated heterocycles. The maximum atomic E-state index is 12.4. The molecule has 0 bridgehead atoms. The van der Waals surface area contributed by atoms with E-state index in [-0.39, 0.29) is 11.3 Å². The molecule has 1 aromatic heterocycles.